The Morgan fingerprint density at radius 1 is 1.82 bits per heavy atom. The van der Waals surface area contributed by atoms with E-state index in [2.05, 4.69) is 5.10 Å². The maximum atomic E-state index is 10.1. The van der Waals surface area contributed by atoms with Crippen LogP contribution in [0.5, 0.6) is 0 Å². The van der Waals surface area contributed by atoms with E-state index in [1.165, 1.54) is 0 Å². The highest BCUT2D eigenvalue weighted by Gasteiger charge is 2.00. The number of nitrogens with zero attached hydrogens (tertiary/aromatic N) is 2. The quantitative estimate of drug-likeness (QED) is 0.713. The summed E-state index contributed by atoms with van der Waals surface area (Å²) in [6.07, 6.45) is 3.29. The van der Waals surface area contributed by atoms with Crippen molar-refractivity contribution >= 4 is 18.4 Å². The smallest absolute Gasteiger partial charge is 0.307 e. The number of aliphatic carboxylic acids is 1. The zero-order valence-electron chi connectivity index (χ0n) is 6.02. The molecule has 0 aliphatic heterocycles. The molecular formula is C6H9ClN2O2. The average Bonchev–Trinajstić information content (AvgIpc) is 2.13. The predicted octanol–water partition coefficient (Wildman–Crippen LogP) is 0.469. The Bertz CT molecular complexity index is 246. The summed E-state index contributed by atoms with van der Waals surface area (Å²) < 4.78 is 1.58. The highest BCUT2D eigenvalue weighted by molar-refractivity contribution is 5.85. The lowest BCUT2D eigenvalue weighted by atomic mass is 10.3. The molecule has 1 rings (SSSR count). The van der Waals surface area contributed by atoms with Crippen molar-refractivity contribution in [3.8, 4) is 0 Å². The molecule has 0 saturated carbocycles. The van der Waals surface area contributed by atoms with Crippen molar-refractivity contribution in [2.45, 2.75) is 6.42 Å². The Balaban J connectivity index is 0.000001000. The third-order valence-electron chi connectivity index (χ3n) is 1.11. The summed E-state index contributed by atoms with van der Waals surface area (Å²) in [6, 6.07) is 0. The zero-order chi connectivity index (χ0) is 7.56. The van der Waals surface area contributed by atoms with E-state index in [0.29, 0.717) is 0 Å². The molecule has 62 valence electrons. The van der Waals surface area contributed by atoms with E-state index in [1.54, 1.807) is 24.1 Å². The molecule has 1 N–H and O–H groups in total. The summed E-state index contributed by atoms with van der Waals surface area (Å²) >= 11 is 0. The summed E-state index contributed by atoms with van der Waals surface area (Å²) in [5.74, 6) is -0.826. The molecule has 1 aromatic rings. The first-order chi connectivity index (χ1) is 4.68. The maximum Gasteiger partial charge on any atom is 0.307 e. The Kier molecular flexibility index (Phi) is 3.60. The fraction of sp³-hybridized carbons (Fsp3) is 0.333. The predicted molar refractivity (Wildman–Crippen MR) is 41.8 cm³/mol. The van der Waals surface area contributed by atoms with Gasteiger partial charge in [-0.1, -0.05) is 0 Å². The average molecular weight is 177 g/mol. The summed E-state index contributed by atoms with van der Waals surface area (Å²) in [6.45, 7) is 0. The van der Waals surface area contributed by atoms with Crippen LogP contribution in [0.4, 0.5) is 0 Å². The van der Waals surface area contributed by atoms with Crippen LogP contribution in [-0.2, 0) is 18.3 Å². The fourth-order valence-electron chi connectivity index (χ4n) is 0.738. The standard InChI is InChI=1S/C6H8N2O2.ClH/c1-8-4-5(3-7-8)2-6(9)10;/h3-4H,2H2,1H3,(H,9,10);1H. The Morgan fingerprint density at radius 3 is 2.82 bits per heavy atom. The molecule has 0 aliphatic carbocycles. The van der Waals surface area contributed by atoms with Gasteiger partial charge in [-0.15, -0.1) is 12.4 Å². The van der Waals surface area contributed by atoms with Gasteiger partial charge in [0.25, 0.3) is 0 Å². The highest BCUT2D eigenvalue weighted by atomic mass is 35.5. The fourth-order valence-corrected chi connectivity index (χ4v) is 0.738. The molecule has 0 fully saturated rings. The van der Waals surface area contributed by atoms with E-state index >= 15 is 0 Å². The lowest BCUT2D eigenvalue weighted by molar-refractivity contribution is -0.136. The Morgan fingerprint density at radius 2 is 2.45 bits per heavy atom. The zero-order valence-corrected chi connectivity index (χ0v) is 6.84. The van der Waals surface area contributed by atoms with Crippen LogP contribution in [0.25, 0.3) is 0 Å². The van der Waals surface area contributed by atoms with Gasteiger partial charge in [-0.05, 0) is 0 Å². The van der Waals surface area contributed by atoms with Gasteiger partial charge in [-0.25, -0.2) is 0 Å². The van der Waals surface area contributed by atoms with E-state index in [1.807, 2.05) is 0 Å². The number of halogens is 1. The molecule has 0 atom stereocenters. The van der Waals surface area contributed by atoms with E-state index in [4.69, 9.17) is 5.11 Å². The molecule has 0 amide bonds. The van der Waals surface area contributed by atoms with Gasteiger partial charge in [-0.2, -0.15) is 5.10 Å². The Labute approximate surface area is 70.2 Å². The van der Waals surface area contributed by atoms with Crippen molar-refractivity contribution < 1.29 is 9.90 Å². The molecule has 0 unspecified atom stereocenters. The summed E-state index contributed by atoms with van der Waals surface area (Å²) in [4.78, 5) is 10.1. The molecule has 0 saturated heterocycles. The summed E-state index contributed by atoms with van der Waals surface area (Å²) in [7, 11) is 1.76. The lowest BCUT2D eigenvalue weighted by Gasteiger charge is -1.85. The first-order valence-corrected chi connectivity index (χ1v) is 2.88. The molecule has 0 bridgehead atoms. The number of aromatic nitrogens is 2. The van der Waals surface area contributed by atoms with Crippen molar-refractivity contribution in [2.24, 2.45) is 7.05 Å². The molecule has 1 heterocycles. The van der Waals surface area contributed by atoms with Crippen molar-refractivity contribution in [1.82, 2.24) is 9.78 Å². The van der Waals surface area contributed by atoms with Gasteiger partial charge in [0.1, 0.15) is 0 Å². The second-order valence-corrected chi connectivity index (χ2v) is 2.09. The third kappa shape index (κ3) is 3.04. The second-order valence-electron chi connectivity index (χ2n) is 2.09. The summed E-state index contributed by atoms with van der Waals surface area (Å²) in [5.41, 5.74) is 0.731. The molecule has 0 radical (unpaired) electrons. The molecule has 11 heavy (non-hydrogen) atoms. The second kappa shape index (κ2) is 3.98. The summed E-state index contributed by atoms with van der Waals surface area (Å²) in [5, 5.41) is 12.2. The van der Waals surface area contributed by atoms with E-state index in [-0.39, 0.29) is 18.8 Å². The van der Waals surface area contributed by atoms with Crippen LogP contribution in [0.2, 0.25) is 0 Å². The van der Waals surface area contributed by atoms with Gasteiger partial charge in [0.05, 0.1) is 12.6 Å². The SMILES string of the molecule is Cl.Cn1cc(CC(=O)O)cn1. The van der Waals surface area contributed by atoms with Crippen LogP contribution in [0.15, 0.2) is 12.4 Å². The van der Waals surface area contributed by atoms with Crippen molar-refractivity contribution in [1.29, 1.82) is 0 Å². The minimum Gasteiger partial charge on any atom is -0.481 e. The highest BCUT2D eigenvalue weighted by Crippen LogP contribution is 1.96. The molecular weight excluding hydrogens is 168 g/mol. The van der Waals surface area contributed by atoms with E-state index in [9.17, 15) is 4.79 Å². The molecule has 4 nitrogen and oxygen atoms in total. The van der Waals surface area contributed by atoms with Crippen molar-refractivity contribution in [3.05, 3.63) is 18.0 Å². The maximum absolute atomic E-state index is 10.1. The topological polar surface area (TPSA) is 55.1 Å². The number of carbonyl (C=O) groups is 1. The van der Waals surface area contributed by atoms with Crippen molar-refractivity contribution in [3.63, 3.8) is 0 Å². The van der Waals surface area contributed by atoms with Crippen LogP contribution in [0.3, 0.4) is 0 Å². The number of aryl methyl sites for hydroxylation is 1. The molecule has 1 aromatic heterocycles. The van der Waals surface area contributed by atoms with Crippen LogP contribution in [-0.4, -0.2) is 20.9 Å². The molecule has 0 aromatic carbocycles. The van der Waals surface area contributed by atoms with Gasteiger partial charge in [0, 0.05) is 18.8 Å². The van der Waals surface area contributed by atoms with E-state index < -0.39 is 5.97 Å². The number of carboxylic acid groups (broad SMARTS) is 1. The van der Waals surface area contributed by atoms with Crippen LogP contribution >= 0.6 is 12.4 Å². The largest absolute Gasteiger partial charge is 0.481 e. The van der Waals surface area contributed by atoms with Gasteiger partial charge in [-0.3, -0.25) is 9.48 Å². The van der Waals surface area contributed by atoms with Gasteiger partial charge >= 0.3 is 5.97 Å². The number of hydrogen-bond acceptors (Lipinski definition) is 2. The normalized spacial score (nSPS) is 8.82. The monoisotopic (exact) mass is 176 g/mol. The molecule has 0 aliphatic rings. The number of rotatable bonds is 2. The molecule has 5 heteroatoms. The third-order valence-corrected chi connectivity index (χ3v) is 1.11. The Hall–Kier alpha value is -1.03. The minimum atomic E-state index is -0.826. The van der Waals surface area contributed by atoms with E-state index in [0.717, 1.165) is 5.56 Å². The minimum absolute atomic E-state index is 0. The first-order valence-electron chi connectivity index (χ1n) is 2.88. The lowest BCUT2D eigenvalue weighted by Crippen LogP contribution is -1.98. The van der Waals surface area contributed by atoms with Crippen LogP contribution in [0.1, 0.15) is 5.56 Å². The first kappa shape index (κ1) is 9.97. The van der Waals surface area contributed by atoms with Crippen molar-refractivity contribution in [2.75, 3.05) is 0 Å². The van der Waals surface area contributed by atoms with Gasteiger partial charge < -0.3 is 5.11 Å². The number of hydrogen-bond donors (Lipinski definition) is 1. The molecule has 0 spiro atoms. The van der Waals surface area contributed by atoms with Crippen LogP contribution in [0, 0.1) is 0 Å². The van der Waals surface area contributed by atoms with Gasteiger partial charge in [0.2, 0.25) is 0 Å². The van der Waals surface area contributed by atoms with Gasteiger partial charge in [0.15, 0.2) is 0 Å². The number of carboxylic acids is 1. The van der Waals surface area contributed by atoms with Crippen LogP contribution < -0.4 is 0 Å².